The lowest BCUT2D eigenvalue weighted by atomic mass is 10.2. The van der Waals surface area contributed by atoms with E-state index in [1.54, 1.807) is 7.05 Å². The Labute approximate surface area is 152 Å². The van der Waals surface area contributed by atoms with Gasteiger partial charge in [-0.15, -0.1) is 10.2 Å². The Bertz CT molecular complexity index is 955. The van der Waals surface area contributed by atoms with Gasteiger partial charge in [-0.3, -0.25) is 9.39 Å². The number of rotatable bonds is 4. The molecule has 0 spiro atoms. The maximum Gasteiger partial charge on any atom is 0.417 e. The van der Waals surface area contributed by atoms with Crippen LogP contribution in [0.4, 0.5) is 13.2 Å². The largest absolute Gasteiger partial charge is 0.417 e. The number of guanidine groups is 1. The standard InChI is InChI=1S/C16H18F3N7O/c1-9-12(10(2)27-25-9)6-21-15(20-3)22-7-14-24-23-13-5-4-11(8-26(13)14)16(17,18)19/h4-5,8H,6-7H2,1-3H3,(H2,20,21,22). The number of halogens is 3. The van der Waals surface area contributed by atoms with Gasteiger partial charge in [-0.2, -0.15) is 13.2 Å². The van der Waals surface area contributed by atoms with E-state index < -0.39 is 11.7 Å². The minimum atomic E-state index is -4.44. The highest BCUT2D eigenvalue weighted by atomic mass is 19.4. The van der Waals surface area contributed by atoms with Crippen molar-refractivity contribution in [2.45, 2.75) is 33.1 Å². The maximum atomic E-state index is 12.9. The van der Waals surface area contributed by atoms with Crippen molar-refractivity contribution in [1.29, 1.82) is 0 Å². The predicted octanol–water partition coefficient (Wildman–Crippen LogP) is 2.22. The van der Waals surface area contributed by atoms with Crippen molar-refractivity contribution in [3.63, 3.8) is 0 Å². The highest BCUT2D eigenvalue weighted by molar-refractivity contribution is 5.79. The van der Waals surface area contributed by atoms with Gasteiger partial charge >= 0.3 is 6.18 Å². The number of alkyl halides is 3. The molecule has 3 heterocycles. The van der Waals surface area contributed by atoms with Gasteiger partial charge in [0, 0.05) is 25.4 Å². The molecular formula is C16H18F3N7O. The Hall–Kier alpha value is -3.11. The third-order valence-corrected chi connectivity index (χ3v) is 4.05. The van der Waals surface area contributed by atoms with Gasteiger partial charge in [0.05, 0.1) is 17.8 Å². The molecule has 2 N–H and O–H groups in total. The second-order valence-corrected chi connectivity index (χ2v) is 5.84. The number of nitrogens with zero attached hydrogens (tertiary/aromatic N) is 5. The summed E-state index contributed by atoms with van der Waals surface area (Å²) in [6, 6.07) is 2.26. The fraction of sp³-hybridized carbons (Fsp3) is 0.375. The normalized spacial score (nSPS) is 12.6. The van der Waals surface area contributed by atoms with Gasteiger partial charge in [-0.05, 0) is 26.0 Å². The molecule has 0 unspecified atom stereocenters. The van der Waals surface area contributed by atoms with Crippen LogP contribution in [0.2, 0.25) is 0 Å². The fourth-order valence-corrected chi connectivity index (χ4v) is 2.54. The van der Waals surface area contributed by atoms with Crippen LogP contribution in [0.3, 0.4) is 0 Å². The third-order valence-electron chi connectivity index (χ3n) is 4.05. The first-order chi connectivity index (χ1) is 12.8. The molecule has 3 aromatic heterocycles. The van der Waals surface area contributed by atoms with Gasteiger partial charge in [0.15, 0.2) is 17.4 Å². The summed E-state index contributed by atoms with van der Waals surface area (Å²) in [4.78, 5) is 4.09. The topological polar surface area (TPSA) is 92.6 Å². The first-order valence-corrected chi connectivity index (χ1v) is 8.06. The molecule has 11 heteroatoms. The van der Waals surface area contributed by atoms with Crippen LogP contribution in [-0.4, -0.2) is 32.8 Å². The van der Waals surface area contributed by atoms with Gasteiger partial charge in [0.25, 0.3) is 0 Å². The molecule has 0 fully saturated rings. The Morgan fingerprint density at radius 3 is 2.56 bits per heavy atom. The van der Waals surface area contributed by atoms with Gasteiger partial charge < -0.3 is 15.2 Å². The Morgan fingerprint density at radius 2 is 1.93 bits per heavy atom. The summed E-state index contributed by atoms with van der Waals surface area (Å²) in [7, 11) is 1.59. The molecule has 0 aliphatic heterocycles. The summed E-state index contributed by atoms with van der Waals surface area (Å²) in [5.41, 5.74) is 1.26. The van der Waals surface area contributed by atoms with E-state index in [1.807, 2.05) is 13.8 Å². The predicted molar refractivity (Wildman–Crippen MR) is 91.0 cm³/mol. The lowest BCUT2D eigenvalue weighted by Crippen LogP contribution is -2.37. The number of nitrogens with one attached hydrogen (secondary N) is 2. The second-order valence-electron chi connectivity index (χ2n) is 5.84. The van der Waals surface area contributed by atoms with Crippen molar-refractivity contribution in [3.05, 3.63) is 46.7 Å². The molecule has 144 valence electrons. The molecule has 0 saturated carbocycles. The van der Waals surface area contributed by atoms with Crippen LogP contribution in [0, 0.1) is 13.8 Å². The van der Waals surface area contributed by atoms with E-state index in [1.165, 1.54) is 10.5 Å². The average Bonchev–Trinajstić information content (AvgIpc) is 3.17. The lowest BCUT2D eigenvalue weighted by molar-refractivity contribution is -0.137. The van der Waals surface area contributed by atoms with Crippen LogP contribution in [-0.2, 0) is 19.3 Å². The molecule has 0 aromatic carbocycles. The summed E-state index contributed by atoms with van der Waals surface area (Å²) in [6.45, 7) is 4.24. The average molecular weight is 381 g/mol. The van der Waals surface area contributed by atoms with E-state index in [2.05, 4.69) is 31.0 Å². The summed E-state index contributed by atoms with van der Waals surface area (Å²) in [6.07, 6.45) is -3.46. The van der Waals surface area contributed by atoms with E-state index in [0.29, 0.717) is 29.7 Å². The molecule has 8 nitrogen and oxygen atoms in total. The van der Waals surface area contributed by atoms with Gasteiger partial charge in [0.1, 0.15) is 5.76 Å². The zero-order chi connectivity index (χ0) is 19.6. The van der Waals surface area contributed by atoms with Crippen molar-refractivity contribution < 1.29 is 17.7 Å². The quantitative estimate of drug-likeness (QED) is 0.532. The van der Waals surface area contributed by atoms with Crippen LogP contribution >= 0.6 is 0 Å². The van der Waals surface area contributed by atoms with E-state index in [0.717, 1.165) is 23.5 Å². The number of fused-ring (bicyclic) bond motifs is 1. The first kappa shape index (κ1) is 18.7. The van der Waals surface area contributed by atoms with Crippen molar-refractivity contribution in [3.8, 4) is 0 Å². The number of aryl methyl sites for hydroxylation is 2. The first-order valence-electron chi connectivity index (χ1n) is 8.06. The number of hydrogen-bond acceptors (Lipinski definition) is 5. The molecule has 0 aliphatic rings. The van der Waals surface area contributed by atoms with Crippen molar-refractivity contribution >= 4 is 11.6 Å². The van der Waals surface area contributed by atoms with Crippen molar-refractivity contribution in [2.24, 2.45) is 4.99 Å². The van der Waals surface area contributed by atoms with Crippen molar-refractivity contribution in [2.75, 3.05) is 7.05 Å². The number of hydrogen-bond donors (Lipinski definition) is 2. The molecule has 0 atom stereocenters. The molecule has 0 aliphatic carbocycles. The zero-order valence-electron chi connectivity index (χ0n) is 14.9. The van der Waals surface area contributed by atoms with E-state index in [-0.39, 0.29) is 6.54 Å². The monoisotopic (exact) mass is 381 g/mol. The highest BCUT2D eigenvalue weighted by Crippen LogP contribution is 2.29. The Morgan fingerprint density at radius 1 is 1.19 bits per heavy atom. The van der Waals surface area contributed by atoms with Crippen LogP contribution in [0.5, 0.6) is 0 Å². The molecule has 0 radical (unpaired) electrons. The SMILES string of the molecule is CN=C(NCc1c(C)noc1C)NCc1nnc2ccc(C(F)(F)F)cn12. The Kier molecular flexibility index (Phi) is 5.02. The molecule has 27 heavy (non-hydrogen) atoms. The van der Waals surface area contributed by atoms with E-state index in [9.17, 15) is 13.2 Å². The van der Waals surface area contributed by atoms with Gasteiger partial charge in [0.2, 0.25) is 0 Å². The lowest BCUT2D eigenvalue weighted by Gasteiger charge is -2.11. The van der Waals surface area contributed by atoms with Gasteiger partial charge in [-0.25, -0.2) is 0 Å². The van der Waals surface area contributed by atoms with Gasteiger partial charge in [-0.1, -0.05) is 5.16 Å². The van der Waals surface area contributed by atoms with Crippen LogP contribution in [0.15, 0.2) is 27.8 Å². The zero-order valence-corrected chi connectivity index (χ0v) is 14.9. The molecular weight excluding hydrogens is 363 g/mol. The molecule has 0 amide bonds. The maximum absolute atomic E-state index is 12.9. The summed E-state index contributed by atoms with van der Waals surface area (Å²) >= 11 is 0. The number of aromatic nitrogens is 4. The summed E-state index contributed by atoms with van der Waals surface area (Å²) in [5, 5.41) is 17.8. The molecule has 0 bridgehead atoms. The number of aliphatic imine (C=N–C) groups is 1. The van der Waals surface area contributed by atoms with Crippen LogP contribution < -0.4 is 10.6 Å². The highest BCUT2D eigenvalue weighted by Gasteiger charge is 2.31. The van der Waals surface area contributed by atoms with Crippen LogP contribution in [0.25, 0.3) is 5.65 Å². The fourth-order valence-electron chi connectivity index (χ4n) is 2.54. The molecule has 0 saturated heterocycles. The second kappa shape index (κ2) is 7.25. The smallest absolute Gasteiger partial charge is 0.361 e. The Balaban J connectivity index is 1.69. The number of pyridine rings is 1. The third kappa shape index (κ3) is 4.01. The minimum absolute atomic E-state index is 0.143. The summed E-state index contributed by atoms with van der Waals surface area (Å²) < 4.78 is 45.1. The molecule has 3 rings (SSSR count). The van der Waals surface area contributed by atoms with E-state index >= 15 is 0 Å². The molecule has 3 aromatic rings. The summed E-state index contributed by atoms with van der Waals surface area (Å²) in [5.74, 6) is 1.49. The van der Waals surface area contributed by atoms with Crippen LogP contribution in [0.1, 0.15) is 28.4 Å². The van der Waals surface area contributed by atoms with Crippen molar-refractivity contribution in [1.82, 2.24) is 30.4 Å². The minimum Gasteiger partial charge on any atom is -0.361 e. The van der Waals surface area contributed by atoms with E-state index in [4.69, 9.17) is 4.52 Å².